The van der Waals surface area contributed by atoms with Crippen molar-refractivity contribution in [2.75, 3.05) is 0 Å². The molecule has 2 rings (SSSR count). The first kappa shape index (κ1) is 12.5. The number of aryl methyl sites for hydroxylation is 1. The third kappa shape index (κ3) is 2.33. The van der Waals surface area contributed by atoms with Crippen LogP contribution in [0.2, 0.25) is 0 Å². The number of aliphatic hydroxyl groups is 1. The molecule has 1 N–H and O–H groups in total. The predicted molar refractivity (Wildman–Crippen MR) is 70.2 cm³/mol. The minimum Gasteiger partial charge on any atom is -0.389 e. The van der Waals surface area contributed by atoms with Crippen LogP contribution in [0.15, 0.2) is 41.2 Å². The summed E-state index contributed by atoms with van der Waals surface area (Å²) < 4.78 is 1.40. The van der Waals surface area contributed by atoms with Gasteiger partial charge in [0.05, 0.1) is 11.8 Å². The molecule has 0 saturated carbocycles. The van der Waals surface area contributed by atoms with Crippen LogP contribution in [0, 0.1) is 0 Å². The van der Waals surface area contributed by atoms with Crippen molar-refractivity contribution < 1.29 is 5.11 Å². The first-order valence-electron chi connectivity index (χ1n) is 5.99. The maximum atomic E-state index is 11.7. The summed E-state index contributed by atoms with van der Waals surface area (Å²) in [5, 5.41) is 14.1. The zero-order chi connectivity index (χ0) is 13.1. The fraction of sp³-hybridized carbons (Fsp3) is 0.286. The maximum Gasteiger partial charge on any atom is 0.267 e. The van der Waals surface area contributed by atoms with Crippen LogP contribution >= 0.6 is 0 Å². The lowest BCUT2D eigenvalue weighted by Gasteiger charge is -2.13. The van der Waals surface area contributed by atoms with Crippen molar-refractivity contribution in [1.82, 2.24) is 9.78 Å². The van der Waals surface area contributed by atoms with Gasteiger partial charge < -0.3 is 5.11 Å². The van der Waals surface area contributed by atoms with Gasteiger partial charge in [0, 0.05) is 23.7 Å². The van der Waals surface area contributed by atoms with Crippen LogP contribution in [-0.4, -0.2) is 14.9 Å². The predicted octanol–water partition coefficient (Wildman–Crippen LogP) is 1.98. The van der Waals surface area contributed by atoms with Crippen molar-refractivity contribution in [3.63, 3.8) is 0 Å². The molecule has 0 saturated heterocycles. The minimum absolute atomic E-state index is 0.187. The van der Waals surface area contributed by atoms with Crippen LogP contribution in [0.5, 0.6) is 0 Å². The molecule has 0 amide bonds. The second-order valence-electron chi connectivity index (χ2n) is 4.14. The fourth-order valence-electron chi connectivity index (χ4n) is 1.87. The molecule has 4 heteroatoms. The van der Waals surface area contributed by atoms with E-state index >= 15 is 0 Å². The Kier molecular flexibility index (Phi) is 3.58. The third-order valence-corrected chi connectivity index (χ3v) is 2.82. The zero-order valence-corrected chi connectivity index (χ0v) is 10.5. The minimum atomic E-state index is -0.716. The Morgan fingerprint density at radius 3 is 2.56 bits per heavy atom. The second-order valence-corrected chi connectivity index (χ2v) is 4.14. The average molecular weight is 244 g/mol. The summed E-state index contributed by atoms with van der Waals surface area (Å²) in [6.07, 6.45) is -0.716. The normalized spacial score (nSPS) is 12.4. The van der Waals surface area contributed by atoms with E-state index in [9.17, 15) is 9.90 Å². The molecule has 0 radical (unpaired) electrons. The van der Waals surface area contributed by atoms with Gasteiger partial charge >= 0.3 is 0 Å². The standard InChI is InChI=1S/C14H16N2O2/c1-3-16-13(18)9-12(10(2)17)14(15-16)11-7-5-4-6-8-11/h4-10,17H,3H2,1-2H3. The van der Waals surface area contributed by atoms with E-state index in [1.54, 1.807) is 6.92 Å². The molecule has 1 aromatic heterocycles. The highest BCUT2D eigenvalue weighted by Crippen LogP contribution is 2.24. The molecule has 0 spiro atoms. The molecule has 0 aliphatic rings. The lowest BCUT2D eigenvalue weighted by molar-refractivity contribution is 0.199. The first-order valence-corrected chi connectivity index (χ1v) is 5.99. The summed E-state index contributed by atoms with van der Waals surface area (Å²) in [5.74, 6) is 0. The summed E-state index contributed by atoms with van der Waals surface area (Å²) in [5.41, 5.74) is 1.94. The summed E-state index contributed by atoms with van der Waals surface area (Å²) in [7, 11) is 0. The zero-order valence-electron chi connectivity index (χ0n) is 10.5. The fourth-order valence-corrected chi connectivity index (χ4v) is 1.87. The summed E-state index contributed by atoms with van der Waals surface area (Å²) in [6, 6.07) is 11.0. The summed E-state index contributed by atoms with van der Waals surface area (Å²) in [6.45, 7) is 4.02. The Hall–Kier alpha value is -1.94. The third-order valence-electron chi connectivity index (χ3n) is 2.82. The Balaban J connectivity index is 2.68. The van der Waals surface area contributed by atoms with Crippen molar-refractivity contribution in [1.29, 1.82) is 0 Å². The average Bonchev–Trinajstić information content (AvgIpc) is 2.39. The molecule has 1 aromatic carbocycles. The van der Waals surface area contributed by atoms with E-state index in [4.69, 9.17) is 0 Å². The first-order chi connectivity index (χ1) is 8.63. The van der Waals surface area contributed by atoms with E-state index in [1.165, 1.54) is 10.7 Å². The lowest BCUT2D eigenvalue weighted by atomic mass is 10.0. The van der Waals surface area contributed by atoms with Gasteiger partial charge in [-0.15, -0.1) is 0 Å². The van der Waals surface area contributed by atoms with Crippen LogP contribution < -0.4 is 5.56 Å². The SMILES string of the molecule is CCn1nc(-c2ccccc2)c(C(C)O)cc1=O. The highest BCUT2D eigenvalue weighted by atomic mass is 16.3. The van der Waals surface area contributed by atoms with Gasteiger partial charge in [0.15, 0.2) is 0 Å². The Morgan fingerprint density at radius 2 is 2.00 bits per heavy atom. The van der Waals surface area contributed by atoms with E-state index in [0.29, 0.717) is 17.8 Å². The monoisotopic (exact) mass is 244 g/mol. The van der Waals surface area contributed by atoms with Crippen molar-refractivity contribution in [3.05, 3.63) is 52.3 Å². The molecule has 1 atom stereocenters. The van der Waals surface area contributed by atoms with Crippen molar-refractivity contribution in [2.45, 2.75) is 26.5 Å². The Labute approximate surface area is 106 Å². The molecule has 94 valence electrons. The van der Waals surface area contributed by atoms with Crippen LogP contribution in [0.3, 0.4) is 0 Å². The number of rotatable bonds is 3. The van der Waals surface area contributed by atoms with Gasteiger partial charge in [0.1, 0.15) is 0 Å². The van der Waals surface area contributed by atoms with E-state index in [0.717, 1.165) is 5.56 Å². The molecule has 1 unspecified atom stereocenters. The van der Waals surface area contributed by atoms with Crippen molar-refractivity contribution in [3.8, 4) is 11.3 Å². The molecular weight excluding hydrogens is 228 g/mol. The van der Waals surface area contributed by atoms with Crippen molar-refractivity contribution in [2.24, 2.45) is 0 Å². The topological polar surface area (TPSA) is 55.1 Å². The van der Waals surface area contributed by atoms with Crippen LogP contribution in [0.25, 0.3) is 11.3 Å². The van der Waals surface area contributed by atoms with Gasteiger partial charge in [0.25, 0.3) is 5.56 Å². The van der Waals surface area contributed by atoms with Crippen LogP contribution in [0.1, 0.15) is 25.5 Å². The number of aliphatic hydroxyl groups excluding tert-OH is 1. The highest BCUT2D eigenvalue weighted by Gasteiger charge is 2.13. The number of hydrogen-bond acceptors (Lipinski definition) is 3. The number of hydrogen-bond donors (Lipinski definition) is 1. The Bertz CT molecular complexity index is 588. The molecule has 0 bridgehead atoms. The molecule has 0 aliphatic heterocycles. The molecule has 0 aliphatic carbocycles. The van der Waals surface area contributed by atoms with E-state index < -0.39 is 6.10 Å². The van der Waals surface area contributed by atoms with Crippen molar-refractivity contribution >= 4 is 0 Å². The lowest BCUT2D eigenvalue weighted by Crippen LogP contribution is -2.23. The number of benzene rings is 1. The quantitative estimate of drug-likeness (QED) is 0.898. The van der Waals surface area contributed by atoms with Gasteiger partial charge in [-0.3, -0.25) is 4.79 Å². The Morgan fingerprint density at radius 1 is 1.33 bits per heavy atom. The van der Waals surface area contributed by atoms with Crippen LogP contribution in [0.4, 0.5) is 0 Å². The van der Waals surface area contributed by atoms with Gasteiger partial charge in [-0.2, -0.15) is 5.10 Å². The molecule has 0 fully saturated rings. The van der Waals surface area contributed by atoms with Gasteiger partial charge in [-0.25, -0.2) is 4.68 Å². The molecule has 2 aromatic rings. The number of nitrogens with zero attached hydrogens (tertiary/aromatic N) is 2. The van der Waals surface area contributed by atoms with Gasteiger partial charge in [0.2, 0.25) is 0 Å². The summed E-state index contributed by atoms with van der Waals surface area (Å²) in [4.78, 5) is 11.7. The number of aromatic nitrogens is 2. The second kappa shape index (κ2) is 5.14. The molecular formula is C14H16N2O2. The maximum absolute atomic E-state index is 11.7. The molecule has 1 heterocycles. The molecule has 4 nitrogen and oxygen atoms in total. The van der Waals surface area contributed by atoms with Gasteiger partial charge in [-0.1, -0.05) is 30.3 Å². The highest BCUT2D eigenvalue weighted by molar-refractivity contribution is 5.62. The smallest absolute Gasteiger partial charge is 0.267 e. The molecule has 18 heavy (non-hydrogen) atoms. The largest absolute Gasteiger partial charge is 0.389 e. The summed E-state index contributed by atoms with van der Waals surface area (Å²) >= 11 is 0. The van der Waals surface area contributed by atoms with Gasteiger partial charge in [-0.05, 0) is 13.8 Å². The van der Waals surface area contributed by atoms with E-state index in [-0.39, 0.29) is 5.56 Å². The van der Waals surface area contributed by atoms with E-state index in [2.05, 4.69) is 5.10 Å². The van der Waals surface area contributed by atoms with Crippen LogP contribution in [-0.2, 0) is 6.54 Å². The van der Waals surface area contributed by atoms with E-state index in [1.807, 2.05) is 37.3 Å².